The van der Waals surface area contributed by atoms with E-state index in [1.807, 2.05) is 23.9 Å². The second-order valence-corrected chi connectivity index (χ2v) is 5.45. The van der Waals surface area contributed by atoms with E-state index >= 15 is 0 Å². The third-order valence-corrected chi connectivity index (χ3v) is 4.40. The largest absolute Gasteiger partial charge is 0.328 e. The van der Waals surface area contributed by atoms with Crippen molar-refractivity contribution >= 4 is 46.4 Å². The molecule has 0 bridgehead atoms. The summed E-state index contributed by atoms with van der Waals surface area (Å²) in [6, 6.07) is 0. The van der Waals surface area contributed by atoms with Crippen LogP contribution in [-0.2, 0) is 4.74 Å². The van der Waals surface area contributed by atoms with Crippen LogP contribution in [0.5, 0.6) is 0 Å². The van der Waals surface area contributed by atoms with Crippen LogP contribution >= 0.6 is 46.4 Å². The first kappa shape index (κ1) is 16.1. The summed E-state index contributed by atoms with van der Waals surface area (Å²) in [5.74, 6) is 1.74. The molecule has 0 N–H and O–H groups in total. The number of nitrogens with zero attached hydrogens (tertiary/aromatic N) is 2. The second kappa shape index (κ2) is 6.47. The first-order valence-corrected chi connectivity index (χ1v) is 7.55. The zero-order valence-corrected chi connectivity index (χ0v) is 13.1. The third-order valence-electron chi connectivity index (χ3n) is 3.34. The van der Waals surface area contributed by atoms with Gasteiger partial charge in [-0.1, -0.05) is 0 Å². The summed E-state index contributed by atoms with van der Waals surface area (Å²) in [7, 11) is 3.88. The molecular formula is C10H18Cl4N2O. The van der Waals surface area contributed by atoms with E-state index in [0.717, 1.165) is 0 Å². The number of hydrogen-bond acceptors (Lipinski definition) is 3. The maximum absolute atomic E-state index is 6.07. The summed E-state index contributed by atoms with van der Waals surface area (Å²) in [6.45, 7) is 1.39. The van der Waals surface area contributed by atoms with Gasteiger partial charge in [-0.3, -0.25) is 9.80 Å². The molecule has 0 radical (unpaired) electrons. The first-order chi connectivity index (χ1) is 8.04. The Hall–Kier alpha value is 1.04. The lowest BCUT2D eigenvalue weighted by atomic mass is 10.1. The molecule has 1 aliphatic rings. The smallest absolute Gasteiger partial charge is 0.182 e. The lowest BCUT2D eigenvalue weighted by Crippen LogP contribution is -2.52. The fourth-order valence-electron chi connectivity index (χ4n) is 2.09. The van der Waals surface area contributed by atoms with Gasteiger partial charge in [0, 0.05) is 24.8 Å². The Morgan fingerprint density at radius 1 is 0.824 bits per heavy atom. The molecule has 1 heterocycles. The van der Waals surface area contributed by atoms with E-state index < -0.39 is 11.4 Å². The Kier molecular flexibility index (Phi) is 6.12. The molecule has 0 aromatic rings. The van der Waals surface area contributed by atoms with Gasteiger partial charge in [-0.05, 0) is 14.1 Å². The van der Waals surface area contributed by atoms with Crippen molar-refractivity contribution in [3.63, 3.8) is 0 Å². The fourth-order valence-corrected chi connectivity index (χ4v) is 3.53. The number of hydrogen-bond donors (Lipinski definition) is 0. The van der Waals surface area contributed by atoms with Crippen LogP contribution in [0.2, 0.25) is 0 Å². The van der Waals surface area contributed by atoms with Crippen LogP contribution in [0.15, 0.2) is 0 Å². The van der Waals surface area contributed by atoms with E-state index in [1.165, 1.54) is 0 Å². The summed E-state index contributed by atoms with van der Waals surface area (Å²) < 4.78 is 5.89. The van der Waals surface area contributed by atoms with Gasteiger partial charge in [-0.25, -0.2) is 0 Å². The Bertz CT molecular complexity index is 234. The van der Waals surface area contributed by atoms with Crippen molar-refractivity contribution in [1.82, 2.24) is 9.80 Å². The molecule has 0 amide bonds. The van der Waals surface area contributed by atoms with E-state index in [-0.39, 0.29) is 0 Å². The Labute approximate surface area is 123 Å². The van der Waals surface area contributed by atoms with Crippen molar-refractivity contribution in [2.24, 2.45) is 0 Å². The highest BCUT2D eigenvalue weighted by Crippen LogP contribution is 2.53. The Balaban J connectivity index is 2.83. The molecule has 0 aromatic carbocycles. The van der Waals surface area contributed by atoms with E-state index in [4.69, 9.17) is 51.1 Å². The van der Waals surface area contributed by atoms with Crippen LogP contribution in [0.25, 0.3) is 0 Å². The zero-order chi connectivity index (χ0) is 13.1. The van der Waals surface area contributed by atoms with Crippen molar-refractivity contribution in [1.29, 1.82) is 0 Å². The summed E-state index contributed by atoms with van der Waals surface area (Å²) in [5, 5.41) is 0. The van der Waals surface area contributed by atoms with Crippen LogP contribution in [0, 0.1) is 0 Å². The highest BCUT2D eigenvalue weighted by atomic mass is 35.5. The number of ether oxygens (including phenoxy) is 1. The van der Waals surface area contributed by atoms with Gasteiger partial charge < -0.3 is 4.74 Å². The van der Waals surface area contributed by atoms with Gasteiger partial charge in [0.2, 0.25) is 0 Å². The first-order valence-electron chi connectivity index (χ1n) is 5.41. The third kappa shape index (κ3) is 2.66. The van der Waals surface area contributed by atoms with Gasteiger partial charge in [0.05, 0.1) is 11.8 Å². The summed E-state index contributed by atoms with van der Waals surface area (Å²) in [6.07, 6.45) is 0. The molecule has 3 nitrogen and oxygen atoms in total. The van der Waals surface area contributed by atoms with Crippen molar-refractivity contribution in [3.8, 4) is 0 Å². The molecule has 102 valence electrons. The van der Waals surface area contributed by atoms with Crippen LogP contribution < -0.4 is 0 Å². The van der Waals surface area contributed by atoms with Gasteiger partial charge in [0.25, 0.3) is 0 Å². The lowest BCUT2D eigenvalue weighted by Gasteiger charge is -2.30. The SMILES string of the molecule is CN(CCCl)C1(CCl)OC1(CCl)N(C)CCCl. The molecule has 0 aliphatic carbocycles. The van der Waals surface area contributed by atoms with Crippen LogP contribution in [0.3, 0.4) is 0 Å². The summed E-state index contributed by atoms with van der Waals surface area (Å²) in [4.78, 5) is 4.03. The second-order valence-electron chi connectivity index (χ2n) is 4.16. The standard InChI is InChI=1S/C10H18Cl4N2O/c1-15(5-3-11)9(7-13)10(8-14,17-9)16(2)6-4-12/h3-8H2,1-2H3. The molecule has 2 atom stereocenters. The van der Waals surface area contributed by atoms with E-state index in [0.29, 0.717) is 36.6 Å². The molecule has 1 aliphatic heterocycles. The maximum atomic E-state index is 6.07. The van der Waals surface area contributed by atoms with Gasteiger partial charge in [-0.2, -0.15) is 0 Å². The zero-order valence-electron chi connectivity index (χ0n) is 10.1. The Morgan fingerprint density at radius 2 is 1.18 bits per heavy atom. The average molecular weight is 324 g/mol. The van der Waals surface area contributed by atoms with Gasteiger partial charge >= 0.3 is 0 Å². The molecule has 0 saturated carbocycles. The number of alkyl halides is 4. The van der Waals surface area contributed by atoms with Crippen LogP contribution in [-0.4, -0.2) is 72.0 Å². The van der Waals surface area contributed by atoms with Gasteiger partial charge in [0.1, 0.15) is 0 Å². The molecule has 2 unspecified atom stereocenters. The molecule has 1 rings (SSSR count). The quantitative estimate of drug-likeness (QED) is 0.504. The molecular weight excluding hydrogens is 306 g/mol. The van der Waals surface area contributed by atoms with Crippen molar-refractivity contribution in [2.45, 2.75) is 11.4 Å². The molecule has 7 heteroatoms. The predicted molar refractivity (Wildman–Crippen MR) is 74.7 cm³/mol. The highest BCUT2D eigenvalue weighted by molar-refractivity contribution is 6.20. The summed E-state index contributed by atoms with van der Waals surface area (Å²) >= 11 is 23.6. The summed E-state index contributed by atoms with van der Waals surface area (Å²) in [5.41, 5.74) is -1.13. The molecule has 1 saturated heterocycles. The van der Waals surface area contributed by atoms with Crippen molar-refractivity contribution < 1.29 is 4.74 Å². The minimum atomic E-state index is -0.563. The molecule has 0 spiro atoms. The number of likely N-dealkylation sites (N-methyl/N-ethyl adjacent to an activating group) is 2. The highest BCUT2D eigenvalue weighted by Gasteiger charge is 2.73. The van der Waals surface area contributed by atoms with Crippen LogP contribution in [0.1, 0.15) is 0 Å². The van der Waals surface area contributed by atoms with Crippen molar-refractivity contribution in [3.05, 3.63) is 0 Å². The van der Waals surface area contributed by atoms with Crippen LogP contribution in [0.4, 0.5) is 0 Å². The number of epoxide rings is 1. The minimum absolute atomic E-state index is 0.347. The van der Waals surface area contributed by atoms with Crippen molar-refractivity contribution in [2.75, 3.05) is 50.7 Å². The fraction of sp³-hybridized carbons (Fsp3) is 1.00. The molecule has 0 aromatic heterocycles. The Morgan fingerprint density at radius 3 is 1.41 bits per heavy atom. The van der Waals surface area contributed by atoms with E-state index in [2.05, 4.69) is 0 Å². The monoisotopic (exact) mass is 322 g/mol. The average Bonchev–Trinajstić information content (AvgIpc) is 3.01. The van der Waals surface area contributed by atoms with E-state index in [1.54, 1.807) is 0 Å². The number of halogens is 4. The topological polar surface area (TPSA) is 19.0 Å². The van der Waals surface area contributed by atoms with Gasteiger partial charge in [0.15, 0.2) is 11.4 Å². The minimum Gasteiger partial charge on any atom is -0.328 e. The molecule has 1 fully saturated rings. The normalized spacial score (nSPS) is 32.5. The lowest BCUT2D eigenvalue weighted by molar-refractivity contribution is 0.123. The number of rotatable bonds is 8. The van der Waals surface area contributed by atoms with E-state index in [9.17, 15) is 0 Å². The van der Waals surface area contributed by atoms with Gasteiger partial charge in [-0.15, -0.1) is 46.4 Å². The maximum Gasteiger partial charge on any atom is 0.182 e. The predicted octanol–water partition coefficient (Wildman–Crippen LogP) is 2.23. The molecule has 17 heavy (non-hydrogen) atoms.